The number of anilines is 1. The van der Waals surface area contributed by atoms with Gasteiger partial charge in [-0.1, -0.05) is 23.7 Å². The first-order valence-corrected chi connectivity index (χ1v) is 14.1. The van der Waals surface area contributed by atoms with E-state index in [1.165, 1.54) is 0 Å². The van der Waals surface area contributed by atoms with E-state index < -0.39 is 18.3 Å². The van der Waals surface area contributed by atoms with Crippen LogP contribution in [0.1, 0.15) is 51.9 Å². The number of nitrogens with zero attached hydrogens (tertiary/aromatic N) is 3. The summed E-state index contributed by atoms with van der Waals surface area (Å²) in [7, 11) is -0.632. The fourth-order valence-electron chi connectivity index (χ4n) is 5.69. The molecule has 4 heterocycles. The van der Waals surface area contributed by atoms with Crippen LogP contribution in [0.25, 0.3) is 10.9 Å². The molecule has 0 bridgehead atoms. The lowest BCUT2D eigenvalue weighted by Crippen LogP contribution is -2.46. The third-order valence-electron chi connectivity index (χ3n) is 8.79. The summed E-state index contributed by atoms with van der Waals surface area (Å²) in [5.74, 6) is 0.617. The van der Waals surface area contributed by atoms with Crippen LogP contribution in [0.5, 0.6) is 0 Å². The van der Waals surface area contributed by atoms with Gasteiger partial charge in [-0.15, -0.1) is 0 Å². The molecule has 2 atom stereocenters. The smallest absolute Gasteiger partial charge is 0.447 e. The van der Waals surface area contributed by atoms with Crippen LogP contribution in [0.15, 0.2) is 41.2 Å². The average molecular weight is 565 g/mol. The third kappa shape index (κ3) is 4.76. The molecule has 0 aliphatic carbocycles. The van der Waals surface area contributed by atoms with E-state index in [4.69, 9.17) is 30.6 Å². The van der Waals surface area contributed by atoms with E-state index in [0.29, 0.717) is 41.4 Å². The molecule has 9 nitrogen and oxygen atoms in total. The first kappa shape index (κ1) is 27.1. The number of nitrogens with one attached hydrogen (secondary N) is 1. The number of aryl methyl sites for hydroxylation is 1. The second-order valence-electron chi connectivity index (χ2n) is 12.0. The van der Waals surface area contributed by atoms with E-state index in [2.05, 4.69) is 5.32 Å². The van der Waals surface area contributed by atoms with E-state index in [1.807, 2.05) is 71.0 Å². The largest absolute Gasteiger partial charge is 0.497 e. The monoisotopic (exact) mass is 564 g/mol. The Balaban J connectivity index is 1.40. The molecule has 40 heavy (non-hydrogen) atoms. The maximum absolute atomic E-state index is 13.8. The highest BCUT2D eigenvalue weighted by molar-refractivity contribution is 6.64. The Morgan fingerprint density at radius 3 is 2.50 bits per heavy atom. The van der Waals surface area contributed by atoms with Gasteiger partial charge < -0.3 is 24.3 Å². The molecule has 3 aliphatic heterocycles. The first-order chi connectivity index (χ1) is 18.9. The molecular formula is C29H34BClN4O5. The topological polar surface area (TPSA) is 94.9 Å². The predicted octanol–water partition coefficient (Wildman–Crippen LogP) is 4.10. The number of piperidine rings is 1. The zero-order valence-corrected chi connectivity index (χ0v) is 24.2. The van der Waals surface area contributed by atoms with Gasteiger partial charge in [0.2, 0.25) is 0 Å². The molecule has 0 unspecified atom stereocenters. The van der Waals surface area contributed by atoms with Crippen LogP contribution in [0.2, 0.25) is 5.02 Å². The Bertz CT molecular complexity index is 1520. The molecule has 0 spiro atoms. The normalized spacial score (nSPS) is 23.4. The molecule has 3 saturated heterocycles. The van der Waals surface area contributed by atoms with Gasteiger partial charge in [0.1, 0.15) is 12.4 Å². The summed E-state index contributed by atoms with van der Waals surface area (Å²) >= 11 is 6.06. The van der Waals surface area contributed by atoms with Gasteiger partial charge in [-0.05, 0) is 77.3 Å². The molecule has 0 saturated carbocycles. The third-order valence-corrected chi connectivity index (χ3v) is 9.04. The number of cyclic esters (lactones) is 1. The Morgan fingerprint density at radius 2 is 1.80 bits per heavy atom. The Kier molecular flexibility index (Phi) is 6.63. The van der Waals surface area contributed by atoms with Crippen LogP contribution in [-0.2, 0) is 20.6 Å². The van der Waals surface area contributed by atoms with Crippen LogP contribution < -0.4 is 16.3 Å². The van der Waals surface area contributed by atoms with Gasteiger partial charge in [-0.3, -0.25) is 9.36 Å². The summed E-state index contributed by atoms with van der Waals surface area (Å²) in [6.45, 7) is 11.3. The van der Waals surface area contributed by atoms with Crippen molar-refractivity contribution < 1.29 is 18.8 Å². The summed E-state index contributed by atoms with van der Waals surface area (Å²) in [5.41, 5.74) is 1.96. The van der Waals surface area contributed by atoms with Crippen molar-refractivity contribution in [2.24, 2.45) is 0 Å². The van der Waals surface area contributed by atoms with Gasteiger partial charge >= 0.3 is 13.2 Å². The van der Waals surface area contributed by atoms with Gasteiger partial charge in [0.05, 0.1) is 34.7 Å². The molecule has 0 radical (unpaired) electrons. The molecule has 2 aromatic carbocycles. The lowest BCUT2D eigenvalue weighted by Gasteiger charge is -2.34. The van der Waals surface area contributed by atoms with E-state index in [9.17, 15) is 9.59 Å². The number of benzene rings is 2. The number of hydrogen-bond donors (Lipinski definition) is 1. The summed E-state index contributed by atoms with van der Waals surface area (Å²) < 4.78 is 19.8. The highest BCUT2D eigenvalue weighted by atomic mass is 35.5. The minimum absolute atomic E-state index is 0.0421. The van der Waals surface area contributed by atoms with Crippen molar-refractivity contribution in [3.8, 4) is 0 Å². The molecule has 1 N–H and O–H groups in total. The molecule has 11 heteroatoms. The Morgan fingerprint density at radius 1 is 1.10 bits per heavy atom. The van der Waals surface area contributed by atoms with Crippen molar-refractivity contribution in [1.29, 1.82) is 0 Å². The Labute approximate surface area is 238 Å². The maximum atomic E-state index is 13.8. The predicted molar refractivity (Wildman–Crippen MR) is 155 cm³/mol. The summed E-state index contributed by atoms with van der Waals surface area (Å²) in [4.78, 5) is 32.5. The highest BCUT2D eigenvalue weighted by Crippen LogP contribution is 2.37. The summed E-state index contributed by atoms with van der Waals surface area (Å²) in [6.07, 6.45) is 1.27. The lowest BCUT2D eigenvalue weighted by atomic mass is 9.77. The van der Waals surface area contributed by atoms with E-state index >= 15 is 0 Å². The first-order valence-electron chi connectivity index (χ1n) is 13.8. The standard InChI is InChI=1S/C29H34BClN4O5/c1-17-32-24-14-23(30-39-28(2,3)29(4,5)40-30)25(33-20-10-11-34-21(12-20)16-38-27(34)37)13-22(24)26(36)35(17)15-18-6-8-19(31)9-7-18/h6-9,13-14,20-21,33H,10-12,15-16H2,1-5H3/t20-,21-/m0/s1. The van der Waals surface area contributed by atoms with Crippen LogP contribution in [0.4, 0.5) is 10.5 Å². The van der Waals surface area contributed by atoms with Gasteiger partial charge in [-0.2, -0.15) is 0 Å². The molecular weight excluding hydrogens is 531 g/mol. The van der Waals surface area contributed by atoms with E-state index in [-0.39, 0.29) is 23.7 Å². The van der Waals surface area contributed by atoms with Crippen molar-refractivity contribution in [2.45, 2.75) is 77.3 Å². The second-order valence-corrected chi connectivity index (χ2v) is 12.4. The van der Waals surface area contributed by atoms with Crippen molar-refractivity contribution in [3.63, 3.8) is 0 Å². The van der Waals surface area contributed by atoms with Crippen molar-refractivity contribution in [1.82, 2.24) is 14.5 Å². The minimum atomic E-state index is -0.632. The number of aromatic nitrogens is 2. The molecule has 3 aliphatic rings. The molecule has 6 rings (SSSR count). The summed E-state index contributed by atoms with van der Waals surface area (Å²) in [6, 6.07) is 11.4. The van der Waals surface area contributed by atoms with Crippen LogP contribution in [0.3, 0.4) is 0 Å². The van der Waals surface area contributed by atoms with Crippen molar-refractivity contribution in [2.75, 3.05) is 18.5 Å². The number of ether oxygens (including phenoxy) is 1. The SMILES string of the molecule is Cc1nc2cc(B3OC(C)(C)C(C)(C)O3)c(N[C@H]3CCN4C(=O)OC[C@@H]4C3)cc2c(=O)n1Cc1ccc(Cl)cc1. The van der Waals surface area contributed by atoms with Gasteiger partial charge in [0.15, 0.2) is 0 Å². The molecule has 3 aromatic rings. The van der Waals surface area contributed by atoms with Crippen molar-refractivity contribution >= 4 is 46.9 Å². The Hall–Kier alpha value is -3.08. The zero-order valence-electron chi connectivity index (χ0n) is 23.5. The number of hydrogen-bond acceptors (Lipinski definition) is 7. The molecule has 3 fully saturated rings. The highest BCUT2D eigenvalue weighted by Gasteiger charge is 2.52. The van der Waals surface area contributed by atoms with E-state index in [0.717, 1.165) is 29.6 Å². The number of carbonyl (C=O) groups excluding carboxylic acids is 1. The van der Waals surface area contributed by atoms with Crippen LogP contribution in [0, 0.1) is 6.92 Å². The van der Waals surface area contributed by atoms with Gasteiger partial charge in [-0.25, -0.2) is 9.78 Å². The van der Waals surface area contributed by atoms with Crippen LogP contribution in [-0.4, -0.2) is 64.1 Å². The van der Waals surface area contributed by atoms with E-state index in [1.54, 1.807) is 9.47 Å². The average Bonchev–Trinajstić information content (AvgIpc) is 3.37. The number of fused-ring (bicyclic) bond motifs is 2. The molecule has 1 aromatic heterocycles. The molecule has 210 valence electrons. The maximum Gasteiger partial charge on any atom is 0.497 e. The number of carbonyl (C=O) groups is 1. The minimum Gasteiger partial charge on any atom is -0.447 e. The fraction of sp³-hybridized carbons (Fsp3) is 0.483. The quantitative estimate of drug-likeness (QED) is 0.466. The number of rotatable bonds is 5. The van der Waals surface area contributed by atoms with Crippen molar-refractivity contribution in [3.05, 3.63) is 63.2 Å². The zero-order chi connectivity index (χ0) is 28.4. The second kappa shape index (κ2) is 9.78. The fourth-order valence-corrected chi connectivity index (χ4v) is 5.82. The summed E-state index contributed by atoms with van der Waals surface area (Å²) in [5, 5.41) is 4.83. The number of halogens is 1. The molecule has 1 amide bonds. The lowest BCUT2D eigenvalue weighted by molar-refractivity contribution is 0.00578. The van der Waals surface area contributed by atoms with Gasteiger partial charge in [0.25, 0.3) is 5.56 Å². The van der Waals surface area contributed by atoms with Gasteiger partial charge in [0, 0.05) is 28.8 Å². The van der Waals surface area contributed by atoms with Crippen LogP contribution >= 0.6 is 11.6 Å². The number of amides is 1.